The lowest BCUT2D eigenvalue weighted by atomic mass is 10.4. The van der Waals surface area contributed by atoms with Crippen molar-refractivity contribution in [3.05, 3.63) is 10.3 Å². The van der Waals surface area contributed by atoms with Gasteiger partial charge in [0.05, 0.1) is 0 Å². The third kappa shape index (κ3) is 3.53. The van der Waals surface area contributed by atoms with E-state index in [0.717, 1.165) is 6.92 Å². The van der Waals surface area contributed by atoms with Gasteiger partial charge in [-0.15, -0.1) is 0 Å². The molecule has 0 N–H and O–H groups in total. The summed E-state index contributed by atoms with van der Waals surface area (Å²) in [4.78, 5) is 0. The second-order valence-electron chi connectivity index (χ2n) is 2.00. The molecule has 0 aromatic carbocycles. The fourth-order valence-corrected chi connectivity index (χ4v) is 2.14. The average Bonchev–Trinajstić information content (AvgIpc) is 1.82. The van der Waals surface area contributed by atoms with E-state index in [9.17, 15) is 12.8 Å². The molecule has 0 saturated carbocycles. The van der Waals surface area contributed by atoms with Crippen LogP contribution in [0.25, 0.3) is 0 Å². The highest BCUT2D eigenvalue weighted by molar-refractivity contribution is 9.12. The predicted molar refractivity (Wildman–Crippen MR) is 47.0 cm³/mol. The Balaban J connectivity index is 4.81. The van der Waals surface area contributed by atoms with Crippen LogP contribution in [0.15, 0.2) is 10.3 Å². The summed E-state index contributed by atoms with van der Waals surface area (Å²) in [5, 5.41) is -1.03. The standard InChI is InChI=1S/C5H7BrClFO2S/c1-3(8)5(6)4(2)11(7,9)10/h4H,1-2H3/b5-3-/t4-/m1/s1. The summed E-state index contributed by atoms with van der Waals surface area (Å²) >= 11 is 2.78. The molecule has 0 aliphatic heterocycles. The van der Waals surface area contributed by atoms with Gasteiger partial charge in [0.2, 0.25) is 9.05 Å². The van der Waals surface area contributed by atoms with Crippen molar-refractivity contribution >= 4 is 35.7 Å². The van der Waals surface area contributed by atoms with Crippen molar-refractivity contribution in [2.24, 2.45) is 0 Å². The van der Waals surface area contributed by atoms with Crippen molar-refractivity contribution in [1.82, 2.24) is 0 Å². The largest absolute Gasteiger partial charge is 0.239 e. The maximum absolute atomic E-state index is 12.4. The Bertz CT molecular complexity index is 268. The Morgan fingerprint density at radius 1 is 1.64 bits per heavy atom. The van der Waals surface area contributed by atoms with Crippen molar-refractivity contribution in [3.63, 3.8) is 0 Å². The van der Waals surface area contributed by atoms with E-state index < -0.39 is 20.1 Å². The molecule has 0 amide bonds. The molecule has 1 atom stereocenters. The molecule has 0 saturated heterocycles. The second-order valence-corrected chi connectivity index (χ2v) is 5.80. The zero-order valence-corrected chi connectivity index (χ0v) is 9.09. The average molecular weight is 266 g/mol. The maximum atomic E-state index is 12.4. The number of hydrogen-bond donors (Lipinski definition) is 0. The lowest BCUT2D eigenvalue weighted by Gasteiger charge is -2.05. The topological polar surface area (TPSA) is 34.1 Å². The molecular formula is C5H7BrClFO2S. The van der Waals surface area contributed by atoms with Crippen LogP contribution in [-0.2, 0) is 9.05 Å². The van der Waals surface area contributed by atoms with Crippen LogP contribution < -0.4 is 0 Å². The molecule has 2 nitrogen and oxygen atoms in total. The molecule has 0 aromatic heterocycles. The maximum Gasteiger partial charge on any atom is 0.239 e. The van der Waals surface area contributed by atoms with E-state index in [2.05, 4.69) is 15.9 Å². The van der Waals surface area contributed by atoms with E-state index in [-0.39, 0.29) is 4.48 Å². The van der Waals surface area contributed by atoms with Gasteiger partial charge in [0.25, 0.3) is 0 Å². The minimum absolute atomic E-state index is 0.0347. The zero-order chi connectivity index (χ0) is 9.23. The van der Waals surface area contributed by atoms with E-state index in [1.54, 1.807) is 0 Å². The Morgan fingerprint density at radius 3 is 2.09 bits per heavy atom. The summed E-state index contributed by atoms with van der Waals surface area (Å²) in [6.45, 7) is 2.46. The number of hydrogen-bond acceptors (Lipinski definition) is 2. The van der Waals surface area contributed by atoms with E-state index in [1.807, 2.05) is 0 Å². The molecule has 0 aromatic rings. The van der Waals surface area contributed by atoms with E-state index in [0.29, 0.717) is 0 Å². The van der Waals surface area contributed by atoms with Gasteiger partial charge in [-0.25, -0.2) is 12.8 Å². The molecule has 0 spiro atoms. The predicted octanol–water partition coefficient (Wildman–Crippen LogP) is 2.54. The Labute approximate surface area is 78.0 Å². The highest BCUT2D eigenvalue weighted by Crippen LogP contribution is 2.24. The van der Waals surface area contributed by atoms with Crippen molar-refractivity contribution in [2.45, 2.75) is 19.1 Å². The third-order valence-corrected chi connectivity index (χ3v) is 4.53. The Hall–Kier alpha value is 0.390. The molecule has 0 rings (SSSR count). The number of rotatable bonds is 2. The number of halogens is 3. The second kappa shape index (κ2) is 3.87. The zero-order valence-electron chi connectivity index (χ0n) is 5.94. The van der Waals surface area contributed by atoms with Gasteiger partial charge in [0.15, 0.2) is 0 Å². The van der Waals surface area contributed by atoms with Gasteiger partial charge < -0.3 is 0 Å². The minimum Gasteiger partial charge on any atom is -0.212 e. The molecule has 66 valence electrons. The normalized spacial score (nSPS) is 17.5. The minimum atomic E-state index is -3.72. The summed E-state index contributed by atoms with van der Waals surface area (Å²) in [5.74, 6) is -0.582. The third-order valence-electron chi connectivity index (χ3n) is 1.11. The molecule has 0 aliphatic rings. The molecule has 11 heavy (non-hydrogen) atoms. The van der Waals surface area contributed by atoms with Crippen molar-refractivity contribution in [1.29, 1.82) is 0 Å². The molecule has 0 aliphatic carbocycles. The van der Waals surface area contributed by atoms with Gasteiger partial charge >= 0.3 is 0 Å². The van der Waals surface area contributed by atoms with Gasteiger partial charge in [-0.05, 0) is 13.8 Å². The number of allylic oxidation sites excluding steroid dienone is 1. The van der Waals surface area contributed by atoms with Crippen molar-refractivity contribution in [2.75, 3.05) is 0 Å². The SMILES string of the molecule is C/C(F)=C(/Br)[C@@H](C)S(=O)(=O)Cl. The molecule has 0 bridgehead atoms. The van der Waals surface area contributed by atoms with Gasteiger partial charge in [-0.2, -0.15) is 0 Å². The van der Waals surface area contributed by atoms with Gasteiger partial charge in [0.1, 0.15) is 11.1 Å². The van der Waals surface area contributed by atoms with Crippen LogP contribution in [0.3, 0.4) is 0 Å². The first-order valence-electron chi connectivity index (χ1n) is 2.72. The lowest BCUT2D eigenvalue weighted by Crippen LogP contribution is -2.11. The highest BCUT2D eigenvalue weighted by atomic mass is 79.9. The summed E-state index contributed by atoms with van der Waals surface area (Å²) in [6, 6.07) is 0. The molecule has 0 unspecified atom stereocenters. The molecule has 0 radical (unpaired) electrons. The quantitative estimate of drug-likeness (QED) is 0.719. The van der Waals surface area contributed by atoms with E-state index in [1.165, 1.54) is 6.92 Å². The van der Waals surface area contributed by atoms with Gasteiger partial charge in [-0.3, -0.25) is 0 Å². The first-order chi connectivity index (χ1) is 4.76. The van der Waals surface area contributed by atoms with E-state index >= 15 is 0 Å². The fraction of sp³-hybridized carbons (Fsp3) is 0.600. The van der Waals surface area contributed by atoms with Crippen LogP contribution in [0.1, 0.15) is 13.8 Å². The summed E-state index contributed by atoms with van der Waals surface area (Å²) < 4.78 is 33.6. The van der Waals surface area contributed by atoms with Crippen LogP contribution in [0, 0.1) is 0 Å². The van der Waals surface area contributed by atoms with E-state index in [4.69, 9.17) is 10.7 Å². The molecule has 0 fully saturated rings. The summed E-state index contributed by atoms with van der Waals surface area (Å²) in [6.07, 6.45) is 0. The fourth-order valence-electron chi connectivity index (χ4n) is 0.404. The summed E-state index contributed by atoms with van der Waals surface area (Å²) in [7, 11) is 1.24. The first kappa shape index (κ1) is 11.4. The van der Waals surface area contributed by atoms with Crippen LogP contribution in [0.2, 0.25) is 0 Å². The lowest BCUT2D eigenvalue weighted by molar-refractivity contribution is 0.598. The van der Waals surface area contributed by atoms with Crippen molar-refractivity contribution < 1.29 is 12.8 Å². The van der Waals surface area contributed by atoms with Gasteiger partial charge in [-0.1, -0.05) is 15.9 Å². The van der Waals surface area contributed by atoms with Gasteiger partial charge in [0, 0.05) is 15.2 Å². The highest BCUT2D eigenvalue weighted by Gasteiger charge is 2.22. The smallest absolute Gasteiger partial charge is 0.212 e. The monoisotopic (exact) mass is 264 g/mol. The van der Waals surface area contributed by atoms with Crippen LogP contribution in [-0.4, -0.2) is 13.7 Å². The summed E-state index contributed by atoms with van der Waals surface area (Å²) in [5.41, 5.74) is 0. The molecule has 0 heterocycles. The van der Waals surface area contributed by atoms with Crippen LogP contribution in [0.5, 0.6) is 0 Å². The molecular weight excluding hydrogens is 258 g/mol. The van der Waals surface area contributed by atoms with Crippen molar-refractivity contribution in [3.8, 4) is 0 Å². The Morgan fingerprint density at radius 2 is 2.00 bits per heavy atom. The van der Waals surface area contributed by atoms with Crippen LogP contribution >= 0.6 is 26.6 Å². The molecule has 6 heteroatoms. The Kier molecular flexibility index (Phi) is 4.00. The first-order valence-corrected chi connectivity index (χ1v) is 5.88. The van der Waals surface area contributed by atoms with Crippen LogP contribution in [0.4, 0.5) is 4.39 Å².